The van der Waals surface area contributed by atoms with Crippen LogP contribution in [-0.2, 0) is 13.5 Å². The fourth-order valence-corrected chi connectivity index (χ4v) is 13.2. The summed E-state index contributed by atoms with van der Waals surface area (Å²) < 4.78 is 27.7. The molecule has 4 unspecified atom stereocenters. The summed E-state index contributed by atoms with van der Waals surface area (Å²) in [6.07, 6.45) is 0.730. The van der Waals surface area contributed by atoms with Crippen molar-refractivity contribution in [1.82, 2.24) is 0 Å². The van der Waals surface area contributed by atoms with Gasteiger partial charge in [0, 0.05) is 16.7 Å². The summed E-state index contributed by atoms with van der Waals surface area (Å²) in [6, 6.07) is 0. The Morgan fingerprint density at radius 1 is 0.875 bits per heavy atom. The second-order valence-corrected chi connectivity index (χ2v) is 26.0. The Bertz CT molecular complexity index is 719. The van der Waals surface area contributed by atoms with Crippen LogP contribution in [-0.4, -0.2) is 54.9 Å². The van der Waals surface area contributed by atoms with Gasteiger partial charge in [0.25, 0.3) is 0 Å². The second kappa shape index (κ2) is 9.10. The van der Waals surface area contributed by atoms with Crippen LogP contribution in [0.5, 0.6) is 0 Å². The summed E-state index contributed by atoms with van der Waals surface area (Å²) in [5, 5.41) is 8.01. The van der Waals surface area contributed by atoms with Gasteiger partial charge in [-0.2, -0.15) is 0 Å². The van der Waals surface area contributed by atoms with E-state index in [-0.39, 0.29) is 0 Å². The van der Waals surface area contributed by atoms with Crippen molar-refractivity contribution in [2.24, 2.45) is 0 Å². The molecule has 4 atom stereocenters. The first-order valence-electron chi connectivity index (χ1n) is 11.7. The lowest BCUT2D eigenvalue weighted by Crippen LogP contribution is -2.60. The Balaban J connectivity index is 6.30. The Morgan fingerprint density at radius 2 is 1.25 bits per heavy atom. The fraction of sp³-hybridized carbons (Fsp3) is 1.00. The molecular weight excluding hydrogens is 474 g/mol. The average Bonchev–Trinajstić information content (AvgIpc) is 2.48. The molecule has 0 aliphatic heterocycles. The van der Waals surface area contributed by atoms with Gasteiger partial charge in [-0.05, 0) is 81.1 Å². The van der Waals surface area contributed by atoms with Crippen molar-refractivity contribution in [3.8, 4) is 0 Å². The van der Waals surface area contributed by atoms with Crippen molar-refractivity contribution in [3.05, 3.63) is 0 Å². The molecule has 0 bridgehead atoms. The monoisotopic (exact) mass is 528 g/mol. The highest BCUT2D eigenvalue weighted by atomic mass is 31.2. The van der Waals surface area contributed by atoms with Crippen LogP contribution in [0.1, 0.15) is 82.6 Å². The summed E-state index contributed by atoms with van der Waals surface area (Å²) in [5.74, 6) is 0. The fourth-order valence-electron chi connectivity index (χ4n) is 4.23. The van der Waals surface area contributed by atoms with Gasteiger partial charge in [-0.15, -0.1) is 9.24 Å². The van der Waals surface area contributed by atoms with E-state index in [2.05, 4.69) is 29.3 Å². The Labute approximate surface area is 203 Å². The summed E-state index contributed by atoms with van der Waals surface area (Å²) in [6.45, 7) is 31.5. The predicted octanol–water partition coefficient (Wildman–Crippen LogP) is 7.20. The third kappa shape index (κ3) is 5.67. The predicted molar refractivity (Wildman–Crippen MR) is 148 cm³/mol. The molecular formula is C23H54O5P2Si2. The maximum atomic E-state index is 14.3. The molecule has 0 fully saturated rings. The van der Waals surface area contributed by atoms with E-state index in [9.17, 15) is 14.5 Å². The summed E-state index contributed by atoms with van der Waals surface area (Å²) in [7, 11) is -5.86. The first-order chi connectivity index (χ1) is 13.5. The molecule has 0 aliphatic carbocycles. The average molecular weight is 529 g/mol. The lowest BCUT2D eigenvalue weighted by Gasteiger charge is -2.56. The Morgan fingerprint density at radius 3 is 1.53 bits per heavy atom. The topological polar surface area (TPSA) is 76.0 Å². The molecule has 0 aliphatic rings. The molecule has 32 heavy (non-hydrogen) atoms. The number of aliphatic hydroxyl groups is 1. The molecule has 0 rings (SSSR count). The molecule has 0 radical (unpaired) electrons. The molecule has 5 nitrogen and oxygen atoms in total. The van der Waals surface area contributed by atoms with Gasteiger partial charge in [0.1, 0.15) is 0 Å². The van der Waals surface area contributed by atoms with Crippen molar-refractivity contribution >= 4 is 33.2 Å². The van der Waals surface area contributed by atoms with E-state index in [1.54, 1.807) is 13.6 Å². The molecule has 2 N–H and O–H groups in total. The van der Waals surface area contributed by atoms with E-state index in [4.69, 9.17) is 8.95 Å². The second-order valence-electron chi connectivity index (χ2n) is 13.1. The van der Waals surface area contributed by atoms with Gasteiger partial charge in [-0.1, -0.05) is 27.7 Å². The lowest BCUT2D eigenvalue weighted by molar-refractivity contribution is 0.0141. The number of rotatable bonds is 11. The SMILES string of the molecule is CCC(C)(C(C)(C)OP(C)(=O)C(C)(C)C(C)(C)O[Si](C)(C)C(C)(C)C(C)(O)P)[Si](C)(C)O. The largest absolute Gasteiger partial charge is 0.432 e. The number of hydrogen-bond donors (Lipinski definition) is 2. The Hall–Kier alpha value is 0.934. The van der Waals surface area contributed by atoms with Gasteiger partial charge in [-0.25, -0.2) is 0 Å². The van der Waals surface area contributed by atoms with Crippen molar-refractivity contribution in [2.45, 2.75) is 141 Å². The summed E-state index contributed by atoms with van der Waals surface area (Å²) in [5.41, 5.74) is -1.58. The van der Waals surface area contributed by atoms with Gasteiger partial charge < -0.3 is 18.9 Å². The Kier molecular flexibility index (Phi) is 9.37. The highest BCUT2D eigenvalue weighted by molar-refractivity contribution is 7.60. The van der Waals surface area contributed by atoms with E-state index in [0.29, 0.717) is 0 Å². The van der Waals surface area contributed by atoms with Crippen LogP contribution in [0.2, 0.25) is 36.3 Å². The van der Waals surface area contributed by atoms with Crippen LogP contribution in [0.4, 0.5) is 0 Å². The maximum Gasteiger partial charge on any atom is 0.208 e. The molecule has 0 aromatic carbocycles. The van der Waals surface area contributed by atoms with Crippen molar-refractivity contribution in [3.63, 3.8) is 0 Å². The smallest absolute Gasteiger partial charge is 0.208 e. The van der Waals surface area contributed by atoms with E-state index in [1.165, 1.54) is 0 Å². The minimum absolute atomic E-state index is 0.483. The zero-order chi connectivity index (χ0) is 26.6. The molecule has 0 aromatic rings. The van der Waals surface area contributed by atoms with Crippen LogP contribution in [0, 0.1) is 0 Å². The zero-order valence-corrected chi connectivity index (χ0v) is 27.9. The minimum atomic E-state index is -3.26. The van der Waals surface area contributed by atoms with E-state index in [0.717, 1.165) is 6.42 Å². The van der Waals surface area contributed by atoms with Crippen LogP contribution >= 0.6 is 16.6 Å². The highest BCUT2D eigenvalue weighted by Gasteiger charge is 2.60. The van der Waals surface area contributed by atoms with Crippen molar-refractivity contribution in [1.29, 1.82) is 0 Å². The standard InChI is InChI=1S/C23H54O5P2Si2/c1-17-22(10,31(13,14)26)19(4,5)27-30(12,25)20(6,7)18(2,3)28-32(15,16)21(8,9)23(11,24)29/h24,26H,17,29H2,1-16H3. The van der Waals surface area contributed by atoms with Gasteiger partial charge in [0.2, 0.25) is 7.37 Å². The van der Waals surface area contributed by atoms with Crippen LogP contribution in [0.3, 0.4) is 0 Å². The first-order valence-corrected chi connectivity index (χ1v) is 20.2. The zero-order valence-electron chi connectivity index (χ0n) is 23.9. The van der Waals surface area contributed by atoms with Crippen molar-refractivity contribution in [2.75, 3.05) is 6.66 Å². The first kappa shape index (κ1) is 32.9. The van der Waals surface area contributed by atoms with Gasteiger partial charge in [0.05, 0.1) is 21.7 Å². The molecule has 0 saturated carbocycles. The lowest BCUT2D eigenvalue weighted by atomic mass is 9.89. The van der Waals surface area contributed by atoms with E-state index < -0.39 is 55.8 Å². The molecule has 9 heteroatoms. The minimum Gasteiger partial charge on any atom is -0.432 e. The van der Waals surface area contributed by atoms with E-state index in [1.807, 2.05) is 75.4 Å². The highest BCUT2D eigenvalue weighted by Crippen LogP contribution is 2.67. The summed E-state index contributed by atoms with van der Waals surface area (Å²) >= 11 is 0. The maximum absolute atomic E-state index is 14.3. The van der Waals surface area contributed by atoms with Crippen molar-refractivity contribution < 1.29 is 23.4 Å². The molecule has 0 amide bonds. The normalized spacial score (nSPS) is 21.0. The molecule has 194 valence electrons. The van der Waals surface area contributed by atoms with Gasteiger partial charge in [-0.3, -0.25) is 4.57 Å². The third-order valence-corrected chi connectivity index (χ3v) is 22.1. The molecule has 0 aromatic heterocycles. The quantitative estimate of drug-likeness (QED) is 0.219. The van der Waals surface area contributed by atoms with Crippen LogP contribution < -0.4 is 0 Å². The third-order valence-electron chi connectivity index (χ3n) is 9.56. The molecule has 0 spiro atoms. The number of hydrogen-bond acceptors (Lipinski definition) is 5. The van der Waals surface area contributed by atoms with Crippen LogP contribution in [0.15, 0.2) is 0 Å². The van der Waals surface area contributed by atoms with Crippen LogP contribution in [0.25, 0.3) is 0 Å². The van der Waals surface area contributed by atoms with E-state index >= 15 is 0 Å². The summed E-state index contributed by atoms with van der Waals surface area (Å²) in [4.78, 5) is 11.1. The van der Waals surface area contributed by atoms with Gasteiger partial charge >= 0.3 is 0 Å². The molecule has 0 heterocycles. The molecule has 0 saturated heterocycles. The van der Waals surface area contributed by atoms with Gasteiger partial charge in [0.15, 0.2) is 16.6 Å².